The van der Waals surface area contributed by atoms with Crippen LogP contribution in [-0.2, 0) is 29.1 Å². The Balaban J connectivity index is 1.62. The molecule has 0 unspecified atom stereocenters. The lowest BCUT2D eigenvalue weighted by Gasteiger charge is -2.35. The molecule has 2 atom stereocenters. The van der Waals surface area contributed by atoms with E-state index in [1.165, 1.54) is 6.07 Å². The molecule has 0 bridgehead atoms. The first kappa shape index (κ1) is 17.0. The minimum absolute atomic E-state index is 0.145. The summed E-state index contributed by atoms with van der Waals surface area (Å²) in [7, 11) is -3.76. The molecule has 1 aromatic rings. The van der Waals surface area contributed by atoms with E-state index in [-0.39, 0.29) is 17.3 Å². The molecule has 3 heterocycles. The van der Waals surface area contributed by atoms with Crippen molar-refractivity contribution in [1.82, 2.24) is 4.90 Å². The number of likely N-dealkylation sites (tertiary alicyclic amines) is 1. The molecule has 0 N–H and O–H groups in total. The highest BCUT2D eigenvalue weighted by molar-refractivity contribution is 7.90. The molecule has 0 radical (unpaired) electrons. The van der Waals surface area contributed by atoms with Gasteiger partial charge in [0.2, 0.25) is 6.10 Å². The summed E-state index contributed by atoms with van der Waals surface area (Å²) in [6, 6.07) is 5.90. The molecular formula is C17H18N2O6S. The van der Waals surface area contributed by atoms with Crippen LogP contribution in [0.5, 0.6) is 0 Å². The fourth-order valence-corrected chi connectivity index (χ4v) is 4.75. The Labute approximate surface area is 150 Å². The Kier molecular flexibility index (Phi) is 4.18. The molecule has 0 aromatic heterocycles. The Bertz CT molecular complexity index is 894. The number of amidine groups is 1. The van der Waals surface area contributed by atoms with Crippen LogP contribution in [0.3, 0.4) is 0 Å². The van der Waals surface area contributed by atoms with E-state index < -0.39 is 34.1 Å². The van der Waals surface area contributed by atoms with Gasteiger partial charge in [0.15, 0.2) is 5.84 Å². The van der Waals surface area contributed by atoms with Gasteiger partial charge in [0, 0.05) is 18.5 Å². The maximum absolute atomic E-state index is 12.7. The third-order valence-corrected chi connectivity index (χ3v) is 6.13. The molecule has 8 nitrogen and oxygen atoms in total. The van der Waals surface area contributed by atoms with Crippen LogP contribution in [0.25, 0.3) is 0 Å². The highest BCUT2D eigenvalue weighted by atomic mass is 32.2. The van der Waals surface area contributed by atoms with Crippen molar-refractivity contribution in [2.24, 2.45) is 4.40 Å². The van der Waals surface area contributed by atoms with Crippen LogP contribution in [0, 0.1) is 0 Å². The van der Waals surface area contributed by atoms with Crippen molar-refractivity contribution in [1.29, 1.82) is 0 Å². The van der Waals surface area contributed by atoms with Gasteiger partial charge in [-0.05, 0) is 31.4 Å². The fourth-order valence-electron chi connectivity index (χ4n) is 3.53. The first-order chi connectivity index (χ1) is 12.5. The second-order valence-electron chi connectivity index (χ2n) is 6.47. The molecule has 1 aromatic carbocycles. The molecule has 0 aliphatic carbocycles. The van der Waals surface area contributed by atoms with E-state index in [0.717, 1.165) is 12.8 Å². The molecule has 0 amide bonds. The normalized spacial score (nSPS) is 26.8. The molecule has 4 rings (SSSR count). The Morgan fingerprint density at radius 3 is 2.81 bits per heavy atom. The minimum atomic E-state index is -3.76. The van der Waals surface area contributed by atoms with Gasteiger partial charge in [0.05, 0.1) is 6.61 Å². The molecule has 0 saturated carbocycles. The number of hydrogen-bond donors (Lipinski definition) is 0. The number of ether oxygens (including phenoxy) is 2. The average Bonchev–Trinajstić information content (AvgIpc) is 3.16. The van der Waals surface area contributed by atoms with Crippen molar-refractivity contribution in [3.63, 3.8) is 0 Å². The van der Waals surface area contributed by atoms with Gasteiger partial charge in [0.25, 0.3) is 10.0 Å². The molecule has 0 spiro atoms. The molecule has 26 heavy (non-hydrogen) atoms. The minimum Gasteiger partial charge on any atom is -0.463 e. The predicted octanol–water partition coefficient (Wildman–Crippen LogP) is 0.849. The van der Waals surface area contributed by atoms with E-state index in [4.69, 9.17) is 9.47 Å². The maximum atomic E-state index is 12.7. The van der Waals surface area contributed by atoms with E-state index in [1.807, 2.05) is 0 Å². The zero-order valence-corrected chi connectivity index (χ0v) is 14.8. The average molecular weight is 378 g/mol. The molecule has 9 heteroatoms. The van der Waals surface area contributed by atoms with Crippen molar-refractivity contribution >= 4 is 27.8 Å². The summed E-state index contributed by atoms with van der Waals surface area (Å²) < 4.78 is 38.7. The number of carbonyl (C=O) groups excluding carboxylic acids is 2. The number of rotatable bonds is 2. The molecule has 138 valence electrons. The van der Waals surface area contributed by atoms with Gasteiger partial charge < -0.3 is 14.4 Å². The summed E-state index contributed by atoms with van der Waals surface area (Å²) in [5.74, 6) is -0.805. The number of piperidine rings is 1. The fraction of sp³-hybridized carbons (Fsp3) is 0.471. The Hall–Kier alpha value is -2.42. The first-order valence-electron chi connectivity index (χ1n) is 8.55. The number of carbonyl (C=O) groups is 2. The van der Waals surface area contributed by atoms with Crippen molar-refractivity contribution in [3.8, 4) is 0 Å². The van der Waals surface area contributed by atoms with Crippen LogP contribution in [0.1, 0.15) is 31.2 Å². The highest BCUT2D eigenvalue weighted by Gasteiger charge is 2.40. The van der Waals surface area contributed by atoms with Gasteiger partial charge in [-0.1, -0.05) is 12.1 Å². The molecular weight excluding hydrogens is 360 g/mol. The Morgan fingerprint density at radius 2 is 2.04 bits per heavy atom. The van der Waals surface area contributed by atoms with Crippen molar-refractivity contribution in [3.05, 3.63) is 29.8 Å². The van der Waals surface area contributed by atoms with Gasteiger partial charge in [0.1, 0.15) is 10.9 Å². The Morgan fingerprint density at radius 1 is 1.23 bits per heavy atom. The van der Waals surface area contributed by atoms with E-state index in [2.05, 4.69) is 4.40 Å². The van der Waals surface area contributed by atoms with E-state index in [9.17, 15) is 18.0 Å². The highest BCUT2D eigenvalue weighted by Crippen LogP contribution is 2.31. The largest absolute Gasteiger partial charge is 0.463 e. The van der Waals surface area contributed by atoms with Gasteiger partial charge in [-0.25, -0.2) is 9.59 Å². The van der Waals surface area contributed by atoms with Gasteiger partial charge in [-0.3, -0.25) is 0 Å². The molecule has 3 aliphatic heterocycles. The van der Waals surface area contributed by atoms with E-state index in [1.54, 1.807) is 23.1 Å². The standard InChI is InChI=1S/C17H18N2O6S/c20-16(25-13-8-10-24-17(13)21)12-6-3-4-9-19(12)15-11-5-1-2-7-14(11)26(22,23)18-15/h1-2,5,7,12-13H,3-4,6,8-10H2/t12-,13-/m1/s1. The zero-order valence-electron chi connectivity index (χ0n) is 14.0. The summed E-state index contributed by atoms with van der Waals surface area (Å²) >= 11 is 0. The first-order valence-corrected chi connectivity index (χ1v) is 9.99. The zero-order chi connectivity index (χ0) is 18.3. The summed E-state index contributed by atoms with van der Waals surface area (Å²) in [6.07, 6.45) is 1.61. The lowest BCUT2D eigenvalue weighted by Crippen LogP contribution is -2.49. The van der Waals surface area contributed by atoms with Crippen LogP contribution in [-0.4, -0.2) is 56.4 Å². The number of esters is 2. The predicted molar refractivity (Wildman–Crippen MR) is 90.0 cm³/mol. The molecule has 2 saturated heterocycles. The maximum Gasteiger partial charge on any atom is 0.347 e. The molecule has 2 fully saturated rings. The summed E-state index contributed by atoms with van der Waals surface area (Å²) in [4.78, 5) is 26.1. The number of benzene rings is 1. The van der Waals surface area contributed by atoms with Crippen LogP contribution in [0.15, 0.2) is 33.6 Å². The van der Waals surface area contributed by atoms with Gasteiger partial charge in [-0.2, -0.15) is 8.42 Å². The monoisotopic (exact) mass is 378 g/mol. The quantitative estimate of drug-likeness (QED) is 0.703. The van der Waals surface area contributed by atoms with Crippen molar-refractivity contribution in [2.45, 2.75) is 42.7 Å². The van der Waals surface area contributed by atoms with Crippen LogP contribution >= 0.6 is 0 Å². The third kappa shape index (κ3) is 2.86. The summed E-state index contributed by atoms with van der Waals surface area (Å²) in [5, 5.41) is 0. The van der Waals surface area contributed by atoms with Crippen LogP contribution in [0.2, 0.25) is 0 Å². The number of sulfonamides is 1. The topological polar surface area (TPSA) is 102 Å². The van der Waals surface area contributed by atoms with Crippen molar-refractivity contribution < 1.29 is 27.5 Å². The van der Waals surface area contributed by atoms with E-state index in [0.29, 0.717) is 24.9 Å². The lowest BCUT2D eigenvalue weighted by atomic mass is 10.0. The lowest BCUT2D eigenvalue weighted by molar-refractivity contribution is -0.163. The van der Waals surface area contributed by atoms with Crippen LogP contribution < -0.4 is 0 Å². The molecule has 3 aliphatic rings. The number of fused-ring (bicyclic) bond motifs is 1. The number of nitrogens with zero attached hydrogens (tertiary/aromatic N) is 2. The second-order valence-corrected chi connectivity index (χ2v) is 8.05. The second kappa shape index (κ2) is 6.39. The van der Waals surface area contributed by atoms with Gasteiger partial charge >= 0.3 is 11.9 Å². The van der Waals surface area contributed by atoms with Crippen LogP contribution in [0.4, 0.5) is 0 Å². The number of hydrogen-bond acceptors (Lipinski definition) is 7. The SMILES string of the molecule is O=C(O[C@@H]1CCOC1=O)[C@H]1CCCCN1C1=NS(=O)(=O)c2ccccc21. The summed E-state index contributed by atoms with van der Waals surface area (Å²) in [6.45, 7) is 0.737. The van der Waals surface area contributed by atoms with Gasteiger partial charge in [-0.15, -0.1) is 4.40 Å². The summed E-state index contributed by atoms with van der Waals surface area (Å²) in [5.41, 5.74) is 0.493. The van der Waals surface area contributed by atoms with E-state index >= 15 is 0 Å². The van der Waals surface area contributed by atoms with Crippen molar-refractivity contribution in [2.75, 3.05) is 13.2 Å². The number of cyclic esters (lactones) is 1. The third-order valence-electron chi connectivity index (χ3n) is 4.81. The smallest absolute Gasteiger partial charge is 0.347 e.